The second-order valence-electron chi connectivity index (χ2n) is 10.8. The van der Waals surface area contributed by atoms with Crippen molar-refractivity contribution in [2.24, 2.45) is 0 Å². The summed E-state index contributed by atoms with van der Waals surface area (Å²) in [4.78, 5) is 25.5. The molecular formula is C30H34N4O6. The van der Waals surface area contributed by atoms with Gasteiger partial charge >= 0.3 is 12.1 Å². The monoisotopic (exact) mass is 546 g/mol. The topological polar surface area (TPSA) is 119 Å². The fourth-order valence-corrected chi connectivity index (χ4v) is 4.56. The van der Waals surface area contributed by atoms with Crippen LogP contribution < -0.4 is 40.2 Å². The van der Waals surface area contributed by atoms with Crippen LogP contribution in [-0.4, -0.2) is 25.6 Å². The molecule has 0 saturated heterocycles. The molecule has 0 radical (unpaired) electrons. The van der Waals surface area contributed by atoms with Crippen molar-refractivity contribution in [2.75, 3.05) is 13.6 Å². The molecule has 40 heavy (non-hydrogen) atoms. The van der Waals surface area contributed by atoms with E-state index in [4.69, 9.17) is 18.9 Å². The number of hydrogen-bond acceptors (Lipinski definition) is 6. The third-order valence-electron chi connectivity index (χ3n) is 6.94. The average Bonchev–Trinajstić information content (AvgIpc) is 3.59. The molecule has 4 N–H and O–H groups in total. The maximum absolute atomic E-state index is 12.8. The molecule has 5 rings (SSSR count). The lowest BCUT2D eigenvalue weighted by Crippen LogP contribution is -2.47. The van der Waals surface area contributed by atoms with E-state index in [1.54, 1.807) is 0 Å². The zero-order valence-electron chi connectivity index (χ0n) is 23.1. The van der Waals surface area contributed by atoms with E-state index in [1.807, 2.05) is 88.4 Å². The number of rotatable bonds is 8. The molecule has 0 atom stereocenters. The van der Waals surface area contributed by atoms with Crippen LogP contribution >= 0.6 is 0 Å². The smallest absolute Gasteiger partial charge is 0.315 e. The molecule has 10 heteroatoms. The maximum Gasteiger partial charge on any atom is 0.315 e. The summed E-state index contributed by atoms with van der Waals surface area (Å²) in [6.45, 7) is 8.84. The lowest BCUT2D eigenvalue weighted by atomic mass is 9.87. The van der Waals surface area contributed by atoms with Crippen LogP contribution in [0.15, 0.2) is 60.7 Å². The molecule has 4 amide bonds. The summed E-state index contributed by atoms with van der Waals surface area (Å²) >= 11 is 0. The Morgan fingerprint density at radius 2 is 1.05 bits per heavy atom. The van der Waals surface area contributed by atoms with Crippen LogP contribution in [0.1, 0.15) is 49.9 Å². The molecule has 0 saturated carbocycles. The Morgan fingerprint density at radius 3 is 1.50 bits per heavy atom. The minimum Gasteiger partial charge on any atom is -0.454 e. The fourth-order valence-electron chi connectivity index (χ4n) is 4.56. The lowest BCUT2D eigenvalue weighted by Gasteiger charge is -2.31. The van der Waals surface area contributed by atoms with Gasteiger partial charge in [-0.1, -0.05) is 36.4 Å². The van der Waals surface area contributed by atoms with Crippen molar-refractivity contribution in [3.05, 3.63) is 82.9 Å². The minimum atomic E-state index is -0.674. The molecule has 0 aliphatic carbocycles. The van der Waals surface area contributed by atoms with Crippen molar-refractivity contribution in [3.63, 3.8) is 0 Å². The summed E-state index contributed by atoms with van der Waals surface area (Å²) in [7, 11) is 0. The van der Waals surface area contributed by atoms with E-state index in [2.05, 4.69) is 21.3 Å². The van der Waals surface area contributed by atoms with Crippen LogP contribution in [0.4, 0.5) is 9.59 Å². The van der Waals surface area contributed by atoms with E-state index in [9.17, 15) is 9.59 Å². The highest BCUT2D eigenvalue weighted by atomic mass is 16.7. The third kappa shape index (κ3) is 6.17. The summed E-state index contributed by atoms with van der Waals surface area (Å²) in [6, 6.07) is 18.4. The van der Waals surface area contributed by atoms with Gasteiger partial charge in [-0.3, -0.25) is 0 Å². The van der Waals surface area contributed by atoms with E-state index in [1.165, 1.54) is 0 Å². The third-order valence-corrected chi connectivity index (χ3v) is 6.94. The molecule has 10 nitrogen and oxygen atoms in total. The van der Waals surface area contributed by atoms with E-state index in [-0.39, 0.29) is 25.6 Å². The van der Waals surface area contributed by atoms with E-state index >= 15 is 0 Å². The van der Waals surface area contributed by atoms with Crippen molar-refractivity contribution in [1.29, 1.82) is 0 Å². The first-order chi connectivity index (χ1) is 19.1. The number of benzene rings is 3. The van der Waals surface area contributed by atoms with Gasteiger partial charge < -0.3 is 40.2 Å². The number of ether oxygens (including phenoxy) is 4. The second-order valence-corrected chi connectivity index (χ2v) is 10.8. The zero-order valence-corrected chi connectivity index (χ0v) is 23.1. The molecule has 210 valence electrons. The predicted octanol–water partition coefficient (Wildman–Crippen LogP) is 4.61. The highest BCUT2D eigenvalue weighted by molar-refractivity contribution is 5.76. The van der Waals surface area contributed by atoms with Gasteiger partial charge in [0.15, 0.2) is 23.0 Å². The van der Waals surface area contributed by atoms with Gasteiger partial charge in [0.2, 0.25) is 13.6 Å². The number of fused-ring (bicyclic) bond motifs is 2. The fraction of sp³-hybridized carbons (Fsp3) is 0.333. The lowest BCUT2D eigenvalue weighted by molar-refractivity contribution is 0.173. The molecule has 2 heterocycles. The molecular weight excluding hydrogens is 512 g/mol. The average molecular weight is 547 g/mol. The Hall–Kier alpha value is -4.60. The van der Waals surface area contributed by atoms with Gasteiger partial charge in [0.05, 0.1) is 11.1 Å². The number of amides is 4. The SMILES string of the molecule is CC(C)(NC(=O)NCc1ccc2c(c1)OCO2)c1cccc(C(C)(C)NC(=O)NCc2ccc3c(c2)OCO3)c1. The van der Waals surface area contributed by atoms with Crippen LogP contribution in [0.25, 0.3) is 0 Å². The summed E-state index contributed by atoms with van der Waals surface area (Å²) in [5.74, 6) is 2.76. The molecule has 0 fully saturated rings. The van der Waals surface area contributed by atoms with Crippen LogP contribution in [0.2, 0.25) is 0 Å². The quantitative estimate of drug-likeness (QED) is 0.328. The first-order valence-corrected chi connectivity index (χ1v) is 13.1. The summed E-state index contributed by atoms with van der Waals surface area (Å²) in [5.41, 5.74) is 2.27. The molecule has 2 aliphatic rings. The van der Waals surface area contributed by atoms with Crippen LogP contribution in [-0.2, 0) is 24.2 Å². The first kappa shape index (κ1) is 27.0. The molecule has 2 aliphatic heterocycles. The van der Waals surface area contributed by atoms with Crippen molar-refractivity contribution in [1.82, 2.24) is 21.3 Å². The van der Waals surface area contributed by atoms with E-state index in [0.29, 0.717) is 36.1 Å². The van der Waals surface area contributed by atoms with Gasteiger partial charge in [0.1, 0.15) is 0 Å². The van der Waals surface area contributed by atoms with Gasteiger partial charge in [0, 0.05) is 13.1 Å². The normalized spacial score (nSPS) is 13.5. The standard InChI is InChI=1S/C30H34N4O6/c1-29(2,33-27(35)31-15-19-8-10-23-25(12-19)39-17-37-23)21-6-5-7-22(14-21)30(3,4)34-28(36)32-16-20-9-11-24-26(13-20)40-18-38-24/h5-14H,15-18H2,1-4H3,(H2,31,33,35)(H2,32,34,36). The van der Waals surface area contributed by atoms with Gasteiger partial charge in [-0.2, -0.15) is 0 Å². The summed E-state index contributed by atoms with van der Waals surface area (Å²) in [5, 5.41) is 11.9. The first-order valence-electron chi connectivity index (χ1n) is 13.1. The Balaban J connectivity index is 1.16. The van der Waals surface area contributed by atoms with Gasteiger partial charge in [-0.15, -0.1) is 0 Å². The van der Waals surface area contributed by atoms with Gasteiger partial charge in [-0.25, -0.2) is 9.59 Å². The van der Waals surface area contributed by atoms with Crippen LogP contribution in [0, 0.1) is 0 Å². The van der Waals surface area contributed by atoms with Crippen molar-refractivity contribution in [3.8, 4) is 23.0 Å². The number of carbonyl (C=O) groups excluding carboxylic acids is 2. The second kappa shape index (κ2) is 10.9. The molecule has 0 spiro atoms. The van der Waals surface area contributed by atoms with Crippen molar-refractivity contribution >= 4 is 12.1 Å². The van der Waals surface area contributed by atoms with Crippen molar-refractivity contribution in [2.45, 2.75) is 51.9 Å². The number of hydrogen-bond donors (Lipinski definition) is 4. The van der Waals surface area contributed by atoms with E-state index in [0.717, 1.165) is 22.3 Å². The number of nitrogens with one attached hydrogen (secondary N) is 4. The Kier molecular flexibility index (Phi) is 7.34. The number of carbonyl (C=O) groups is 2. The zero-order chi connectivity index (χ0) is 28.3. The highest BCUT2D eigenvalue weighted by Crippen LogP contribution is 2.33. The highest BCUT2D eigenvalue weighted by Gasteiger charge is 2.28. The predicted molar refractivity (Wildman–Crippen MR) is 148 cm³/mol. The summed E-state index contributed by atoms with van der Waals surface area (Å²) in [6.07, 6.45) is 0. The Bertz CT molecular complexity index is 1320. The summed E-state index contributed by atoms with van der Waals surface area (Å²) < 4.78 is 21.5. The largest absolute Gasteiger partial charge is 0.454 e. The van der Waals surface area contributed by atoms with Crippen molar-refractivity contribution < 1.29 is 28.5 Å². The van der Waals surface area contributed by atoms with Crippen LogP contribution in [0.3, 0.4) is 0 Å². The Morgan fingerprint density at radius 1 is 0.625 bits per heavy atom. The van der Waals surface area contributed by atoms with Gasteiger partial charge in [-0.05, 0) is 74.2 Å². The van der Waals surface area contributed by atoms with Gasteiger partial charge in [0.25, 0.3) is 0 Å². The maximum atomic E-state index is 12.8. The Labute approximate surface area is 233 Å². The van der Waals surface area contributed by atoms with Crippen LogP contribution in [0.5, 0.6) is 23.0 Å². The molecule has 0 bridgehead atoms. The number of urea groups is 2. The molecule has 3 aromatic carbocycles. The minimum absolute atomic E-state index is 0.206. The van der Waals surface area contributed by atoms with E-state index < -0.39 is 11.1 Å². The molecule has 3 aromatic rings. The molecule has 0 aromatic heterocycles. The molecule has 0 unspecified atom stereocenters.